The van der Waals surface area contributed by atoms with Gasteiger partial charge in [0.2, 0.25) is 5.91 Å². The number of nitrogens with zero attached hydrogens (tertiary/aromatic N) is 1. The van der Waals surface area contributed by atoms with Crippen molar-refractivity contribution in [1.82, 2.24) is 0 Å². The quantitative estimate of drug-likeness (QED) is 0.871. The summed E-state index contributed by atoms with van der Waals surface area (Å²) in [6, 6.07) is 13.1. The van der Waals surface area contributed by atoms with Crippen molar-refractivity contribution in [2.75, 3.05) is 23.4 Å². The summed E-state index contributed by atoms with van der Waals surface area (Å²) in [4.78, 5) is 27.1. The van der Waals surface area contributed by atoms with Gasteiger partial charge < -0.3 is 15.0 Å². The van der Waals surface area contributed by atoms with E-state index in [0.717, 1.165) is 49.2 Å². The second kappa shape index (κ2) is 7.43. The lowest BCUT2D eigenvalue weighted by atomic mass is 10.00. The lowest BCUT2D eigenvalue weighted by Gasteiger charge is -2.30. The van der Waals surface area contributed by atoms with Crippen LogP contribution < -0.4 is 15.0 Å². The van der Waals surface area contributed by atoms with E-state index in [0.29, 0.717) is 17.9 Å². The summed E-state index contributed by atoms with van der Waals surface area (Å²) in [5.74, 6) is 0.848. The Morgan fingerprint density at radius 3 is 2.78 bits per heavy atom. The van der Waals surface area contributed by atoms with E-state index >= 15 is 0 Å². The normalized spacial score (nSPS) is 15.8. The lowest BCUT2D eigenvalue weighted by Crippen LogP contribution is -2.36. The molecule has 1 fully saturated rings. The van der Waals surface area contributed by atoms with Crippen LogP contribution in [-0.2, 0) is 11.2 Å². The van der Waals surface area contributed by atoms with Crippen LogP contribution >= 0.6 is 0 Å². The third-order valence-electron chi connectivity index (χ3n) is 5.08. The number of anilines is 2. The molecule has 1 aliphatic heterocycles. The van der Waals surface area contributed by atoms with Crippen LogP contribution in [0.5, 0.6) is 5.75 Å². The van der Waals surface area contributed by atoms with Gasteiger partial charge in [0.25, 0.3) is 5.91 Å². The molecule has 0 atom stereocenters. The van der Waals surface area contributed by atoms with Crippen LogP contribution in [0.1, 0.15) is 42.1 Å². The van der Waals surface area contributed by atoms with Gasteiger partial charge in [-0.25, -0.2) is 0 Å². The van der Waals surface area contributed by atoms with Gasteiger partial charge in [-0.05, 0) is 68.5 Å². The number of hydrogen-bond donors (Lipinski definition) is 1. The average molecular weight is 364 g/mol. The van der Waals surface area contributed by atoms with Crippen LogP contribution in [0.3, 0.4) is 0 Å². The Labute approximate surface area is 159 Å². The largest absolute Gasteiger partial charge is 0.493 e. The third kappa shape index (κ3) is 3.68. The summed E-state index contributed by atoms with van der Waals surface area (Å²) in [6.07, 6.45) is 3.90. The molecule has 1 N–H and O–H groups in total. The zero-order chi connectivity index (χ0) is 18.8. The highest BCUT2D eigenvalue weighted by Gasteiger charge is 2.35. The molecular formula is C22H24N2O3. The Hall–Kier alpha value is -2.82. The number of aryl methyl sites for hydroxylation is 1. The number of benzene rings is 2. The van der Waals surface area contributed by atoms with Crippen molar-refractivity contribution in [2.24, 2.45) is 5.92 Å². The highest BCUT2D eigenvalue weighted by atomic mass is 16.5. The lowest BCUT2D eigenvalue weighted by molar-refractivity contribution is -0.119. The van der Waals surface area contributed by atoms with Crippen LogP contribution in [-0.4, -0.2) is 25.0 Å². The number of para-hydroxylation sites is 1. The number of amides is 2. The first-order valence-electron chi connectivity index (χ1n) is 9.65. The molecule has 2 aromatic rings. The molecule has 0 saturated heterocycles. The second-order valence-electron chi connectivity index (χ2n) is 7.09. The number of nitrogens with one attached hydrogen (secondary N) is 1. The van der Waals surface area contributed by atoms with Gasteiger partial charge in [0.05, 0.1) is 12.2 Å². The Morgan fingerprint density at radius 1 is 1.19 bits per heavy atom. The van der Waals surface area contributed by atoms with Gasteiger partial charge in [0, 0.05) is 23.8 Å². The Balaban J connectivity index is 1.54. The molecule has 2 aromatic carbocycles. The number of carbonyl (C=O) groups excluding carboxylic acids is 2. The standard InChI is InChI=1S/C22H24N2O3/c1-2-27-20-8-4-3-7-18(20)21(25)23-17-11-12-19-16(14-17)6-5-13-24(19)22(26)15-9-10-15/h3-4,7-8,11-12,14-15H,2,5-6,9-10,13H2,1H3,(H,23,25). The first-order chi connectivity index (χ1) is 13.2. The summed E-state index contributed by atoms with van der Waals surface area (Å²) in [5, 5.41) is 2.96. The van der Waals surface area contributed by atoms with Crippen molar-refractivity contribution in [2.45, 2.75) is 32.6 Å². The fourth-order valence-electron chi connectivity index (χ4n) is 3.59. The monoisotopic (exact) mass is 364 g/mol. The zero-order valence-corrected chi connectivity index (χ0v) is 15.5. The molecule has 27 heavy (non-hydrogen) atoms. The van der Waals surface area contributed by atoms with Crippen molar-refractivity contribution in [3.05, 3.63) is 53.6 Å². The maximum Gasteiger partial charge on any atom is 0.259 e. The maximum absolute atomic E-state index is 12.7. The molecule has 2 amide bonds. The first-order valence-corrected chi connectivity index (χ1v) is 9.65. The number of fused-ring (bicyclic) bond motifs is 1. The third-order valence-corrected chi connectivity index (χ3v) is 5.08. The fourth-order valence-corrected chi connectivity index (χ4v) is 3.59. The average Bonchev–Trinajstić information content (AvgIpc) is 3.53. The SMILES string of the molecule is CCOc1ccccc1C(=O)Nc1ccc2c(c1)CCCN2C(=O)C1CC1. The van der Waals surface area contributed by atoms with Gasteiger partial charge in [0.15, 0.2) is 0 Å². The van der Waals surface area contributed by atoms with E-state index in [1.165, 1.54) is 0 Å². The van der Waals surface area contributed by atoms with E-state index in [1.54, 1.807) is 12.1 Å². The summed E-state index contributed by atoms with van der Waals surface area (Å²) in [6.45, 7) is 3.19. The van der Waals surface area contributed by atoms with Gasteiger partial charge in [-0.3, -0.25) is 9.59 Å². The summed E-state index contributed by atoms with van der Waals surface area (Å²) in [5.41, 5.74) is 3.37. The Bertz CT molecular complexity index is 874. The van der Waals surface area contributed by atoms with Crippen molar-refractivity contribution < 1.29 is 14.3 Å². The summed E-state index contributed by atoms with van der Waals surface area (Å²) >= 11 is 0. The molecule has 1 heterocycles. The molecule has 0 spiro atoms. The number of hydrogen-bond acceptors (Lipinski definition) is 3. The minimum Gasteiger partial charge on any atom is -0.493 e. The Morgan fingerprint density at radius 2 is 2.00 bits per heavy atom. The van der Waals surface area contributed by atoms with Gasteiger partial charge in [-0.1, -0.05) is 12.1 Å². The molecule has 1 aliphatic carbocycles. The predicted octanol–water partition coefficient (Wildman–Crippen LogP) is 4.03. The molecule has 0 bridgehead atoms. The highest BCUT2D eigenvalue weighted by molar-refractivity contribution is 6.06. The molecular weight excluding hydrogens is 340 g/mol. The maximum atomic E-state index is 12.7. The van der Waals surface area contributed by atoms with E-state index in [2.05, 4.69) is 5.32 Å². The summed E-state index contributed by atoms with van der Waals surface area (Å²) in [7, 11) is 0. The number of rotatable bonds is 5. The Kier molecular flexibility index (Phi) is 4.84. The predicted molar refractivity (Wildman–Crippen MR) is 105 cm³/mol. The van der Waals surface area contributed by atoms with E-state index in [-0.39, 0.29) is 17.7 Å². The molecule has 5 nitrogen and oxygen atoms in total. The van der Waals surface area contributed by atoms with Gasteiger partial charge in [0.1, 0.15) is 5.75 Å². The smallest absolute Gasteiger partial charge is 0.259 e. The fraction of sp³-hybridized carbons (Fsp3) is 0.364. The number of ether oxygens (including phenoxy) is 1. The van der Waals surface area contributed by atoms with Gasteiger partial charge >= 0.3 is 0 Å². The minimum absolute atomic E-state index is 0.194. The van der Waals surface area contributed by atoms with Crippen LogP contribution in [0.15, 0.2) is 42.5 Å². The first kappa shape index (κ1) is 17.6. The van der Waals surface area contributed by atoms with Gasteiger partial charge in [-0.15, -0.1) is 0 Å². The van der Waals surface area contributed by atoms with E-state index in [9.17, 15) is 9.59 Å². The van der Waals surface area contributed by atoms with Crippen molar-refractivity contribution >= 4 is 23.2 Å². The molecule has 0 aromatic heterocycles. The molecule has 140 valence electrons. The molecule has 0 radical (unpaired) electrons. The highest BCUT2D eigenvalue weighted by Crippen LogP contribution is 2.36. The molecule has 5 heteroatoms. The van der Waals surface area contributed by atoms with Crippen LogP contribution in [0.25, 0.3) is 0 Å². The molecule has 2 aliphatic rings. The van der Waals surface area contributed by atoms with Crippen LogP contribution in [0.4, 0.5) is 11.4 Å². The van der Waals surface area contributed by atoms with Crippen molar-refractivity contribution in [1.29, 1.82) is 0 Å². The molecule has 4 rings (SSSR count). The van der Waals surface area contributed by atoms with Crippen LogP contribution in [0, 0.1) is 5.92 Å². The topological polar surface area (TPSA) is 58.6 Å². The molecule has 1 saturated carbocycles. The van der Waals surface area contributed by atoms with E-state index in [1.807, 2.05) is 42.2 Å². The van der Waals surface area contributed by atoms with E-state index in [4.69, 9.17) is 4.74 Å². The summed E-state index contributed by atoms with van der Waals surface area (Å²) < 4.78 is 5.55. The zero-order valence-electron chi connectivity index (χ0n) is 15.5. The second-order valence-corrected chi connectivity index (χ2v) is 7.09. The number of carbonyl (C=O) groups is 2. The van der Waals surface area contributed by atoms with Gasteiger partial charge in [-0.2, -0.15) is 0 Å². The van der Waals surface area contributed by atoms with Crippen molar-refractivity contribution in [3.63, 3.8) is 0 Å². The van der Waals surface area contributed by atoms with Crippen LogP contribution in [0.2, 0.25) is 0 Å². The minimum atomic E-state index is -0.194. The molecule has 0 unspecified atom stereocenters. The van der Waals surface area contributed by atoms with Crippen molar-refractivity contribution in [3.8, 4) is 5.75 Å². The van der Waals surface area contributed by atoms with E-state index < -0.39 is 0 Å².